The first-order valence-corrected chi connectivity index (χ1v) is 14.2. The van der Waals surface area contributed by atoms with E-state index in [-0.39, 0.29) is 11.8 Å². The third-order valence-corrected chi connectivity index (χ3v) is 8.04. The van der Waals surface area contributed by atoms with Crippen LogP contribution in [0.1, 0.15) is 41.6 Å². The lowest BCUT2D eigenvalue weighted by molar-refractivity contribution is 0.0965. The highest BCUT2D eigenvalue weighted by Gasteiger charge is 2.29. The van der Waals surface area contributed by atoms with Crippen LogP contribution in [-0.2, 0) is 10.0 Å². The average Bonchev–Trinajstić information content (AvgIpc) is 3.16. The minimum Gasteiger partial charge on any atom is -0.457 e. The summed E-state index contributed by atoms with van der Waals surface area (Å²) in [6.07, 6.45) is 4.54. The normalized spacial score (nSPS) is 15.8. The van der Waals surface area contributed by atoms with Crippen LogP contribution >= 0.6 is 11.6 Å². The van der Waals surface area contributed by atoms with Gasteiger partial charge in [0, 0.05) is 24.2 Å². The van der Waals surface area contributed by atoms with Gasteiger partial charge in [-0.1, -0.05) is 18.5 Å². The van der Waals surface area contributed by atoms with Crippen LogP contribution in [-0.4, -0.2) is 43.8 Å². The topological polar surface area (TPSA) is 93.0 Å². The lowest BCUT2D eigenvalue weighted by atomic mass is 9.96. The fourth-order valence-corrected chi connectivity index (χ4v) is 5.83. The summed E-state index contributed by atoms with van der Waals surface area (Å²) in [4.78, 5) is 13.1. The van der Waals surface area contributed by atoms with Gasteiger partial charge in [0.1, 0.15) is 17.2 Å². The molecule has 8 nitrogen and oxygen atoms in total. The smallest absolute Gasteiger partial charge is 0.255 e. The summed E-state index contributed by atoms with van der Waals surface area (Å²) in [6.45, 7) is 2.49. The van der Waals surface area contributed by atoms with E-state index in [2.05, 4.69) is 12.2 Å². The van der Waals surface area contributed by atoms with E-state index in [0.29, 0.717) is 45.5 Å². The number of carbonyl (C=O) groups is 1. The summed E-state index contributed by atoms with van der Waals surface area (Å²) < 4.78 is 34.1. The summed E-state index contributed by atoms with van der Waals surface area (Å²) in [6, 6.07) is 16.3. The van der Waals surface area contributed by atoms with Gasteiger partial charge in [0.15, 0.2) is 0 Å². The number of halogens is 1. The lowest BCUT2D eigenvalue weighted by Gasteiger charge is -2.23. The monoisotopic (exact) mass is 538 g/mol. The van der Waals surface area contributed by atoms with Crippen molar-refractivity contribution in [3.63, 3.8) is 0 Å². The molecule has 1 aliphatic rings. The number of aromatic nitrogens is 2. The SMILES string of the molecule is CNC(=O)c1c(-c2ccc(Oc3ccc(Cl)cc3)cc2)nn2cc3c(cc12)C(C)CCCN3S(C)(=O)=O. The fourth-order valence-electron chi connectivity index (χ4n) is 4.73. The van der Waals surface area contributed by atoms with Crippen molar-refractivity contribution in [1.29, 1.82) is 0 Å². The number of anilines is 1. The maximum absolute atomic E-state index is 13.1. The van der Waals surface area contributed by atoms with E-state index in [1.54, 1.807) is 42.0 Å². The van der Waals surface area contributed by atoms with Crippen LogP contribution in [0.25, 0.3) is 16.8 Å². The number of carbonyl (C=O) groups excluding carboxylic acids is 1. The van der Waals surface area contributed by atoms with Crippen LogP contribution < -0.4 is 14.4 Å². The lowest BCUT2D eigenvalue weighted by Crippen LogP contribution is -2.31. The molecular weight excluding hydrogens is 512 g/mol. The number of hydrogen-bond donors (Lipinski definition) is 1. The summed E-state index contributed by atoms with van der Waals surface area (Å²) in [5, 5.41) is 8.08. The zero-order chi connectivity index (χ0) is 26.3. The van der Waals surface area contributed by atoms with E-state index < -0.39 is 10.0 Å². The zero-order valence-electron chi connectivity index (χ0n) is 20.7. The van der Waals surface area contributed by atoms with Crippen LogP contribution in [0.15, 0.2) is 60.8 Å². The number of hydrogen-bond acceptors (Lipinski definition) is 5. The molecule has 4 aromatic rings. The second-order valence-corrected chi connectivity index (χ2v) is 11.5. The van der Waals surface area contributed by atoms with E-state index >= 15 is 0 Å². The number of pyridine rings is 1. The van der Waals surface area contributed by atoms with Crippen molar-refractivity contribution in [2.24, 2.45) is 0 Å². The molecule has 0 bridgehead atoms. The quantitative estimate of drug-likeness (QED) is 0.364. The van der Waals surface area contributed by atoms with E-state index in [1.165, 1.54) is 10.6 Å². The second-order valence-electron chi connectivity index (χ2n) is 9.21. The van der Waals surface area contributed by atoms with Crippen molar-refractivity contribution in [3.8, 4) is 22.8 Å². The molecule has 37 heavy (non-hydrogen) atoms. The highest BCUT2D eigenvalue weighted by atomic mass is 35.5. The summed E-state index contributed by atoms with van der Waals surface area (Å²) in [5.41, 5.74) is 3.77. The molecule has 1 atom stereocenters. The first-order valence-electron chi connectivity index (χ1n) is 12.0. The molecular formula is C27H27ClN4O4S. The molecule has 2 aromatic heterocycles. The third kappa shape index (κ3) is 4.89. The van der Waals surface area contributed by atoms with E-state index in [9.17, 15) is 13.2 Å². The molecule has 0 saturated heterocycles. The van der Waals surface area contributed by atoms with Crippen molar-refractivity contribution in [2.75, 3.05) is 24.2 Å². The van der Waals surface area contributed by atoms with Gasteiger partial charge < -0.3 is 10.1 Å². The first kappa shape index (κ1) is 25.1. The number of amides is 1. The number of benzene rings is 2. The van der Waals surface area contributed by atoms with Crippen molar-refractivity contribution in [1.82, 2.24) is 14.9 Å². The number of ether oxygens (including phenoxy) is 1. The highest BCUT2D eigenvalue weighted by Crippen LogP contribution is 2.38. The van der Waals surface area contributed by atoms with Crippen LogP contribution in [0, 0.1) is 0 Å². The van der Waals surface area contributed by atoms with Crippen molar-refractivity contribution in [3.05, 3.63) is 76.9 Å². The van der Waals surface area contributed by atoms with Gasteiger partial charge in [0.2, 0.25) is 10.0 Å². The second kappa shape index (κ2) is 9.72. The van der Waals surface area contributed by atoms with Crippen LogP contribution in [0.5, 0.6) is 11.5 Å². The molecule has 0 saturated carbocycles. The van der Waals surface area contributed by atoms with Gasteiger partial charge >= 0.3 is 0 Å². The van der Waals surface area contributed by atoms with Crippen LogP contribution in [0.4, 0.5) is 5.69 Å². The maximum atomic E-state index is 13.1. The minimum atomic E-state index is -3.47. The Balaban J connectivity index is 1.61. The molecule has 0 radical (unpaired) electrons. The van der Waals surface area contributed by atoms with Crippen molar-refractivity contribution >= 4 is 38.7 Å². The van der Waals surface area contributed by atoms with Gasteiger partial charge in [-0.2, -0.15) is 5.10 Å². The number of fused-ring (bicyclic) bond motifs is 2. The van der Waals surface area contributed by atoms with Gasteiger partial charge in [0.05, 0.1) is 29.2 Å². The molecule has 1 unspecified atom stereocenters. The predicted octanol–water partition coefficient (Wildman–Crippen LogP) is 5.47. The highest BCUT2D eigenvalue weighted by molar-refractivity contribution is 7.92. The fraction of sp³-hybridized carbons (Fsp3) is 0.259. The largest absolute Gasteiger partial charge is 0.457 e. The molecule has 2 aromatic carbocycles. The number of nitrogens with one attached hydrogen (secondary N) is 1. The standard InChI is InChI=1S/C27H27ClN4O4S/c1-17-5-4-14-32(37(3,34)35)24-16-31-23(15-22(17)24)25(27(33)29-2)26(30-31)18-6-10-20(11-7-18)36-21-12-8-19(28)9-13-21/h6-13,15-17H,4-5,14H2,1-3H3,(H,29,33). The molecule has 5 rings (SSSR count). The van der Waals surface area contributed by atoms with E-state index in [0.717, 1.165) is 24.0 Å². The Kier molecular flexibility index (Phi) is 6.59. The molecule has 1 aliphatic heterocycles. The van der Waals surface area contributed by atoms with Crippen molar-refractivity contribution in [2.45, 2.75) is 25.7 Å². The molecule has 0 fully saturated rings. The third-order valence-electron chi connectivity index (χ3n) is 6.61. The van der Waals surface area contributed by atoms with E-state index in [1.807, 2.05) is 30.3 Å². The molecule has 192 valence electrons. The Bertz CT molecular complexity index is 1580. The number of sulfonamides is 1. The Hall–Kier alpha value is -3.56. The summed E-state index contributed by atoms with van der Waals surface area (Å²) in [5.74, 6) is 1.14. The molecule has 3 heterocycles. The Morgan fingerprint density at radius 3 is 2.38 bits per heavy atom. The number of nitrogens with zero attached hydrogens (tertiary/aromatic N) is 3. The van der Waals surface area contributed by atoms with Gasteiger partial charge in [0.25, 0.3) is 5.91 Å². The van der Waals surface area contributed by atoms with Gasteiger partial charge in [-0.15, -0.1) is 0 Å². The van der Waals surface area contributed by atoms with Crippen LogP contribution in [0.3, 0.4) is 0 Å². The van der Waals surface area contributed by atoms with Gasteiger partial charge in [-0.3, -0.25) is 9.10 Å². The minimum absolute atomic E-state index is 0.131. The summed E-state index contributed by atoms with van der Waals surface area (Å²) >= 11 is 5.95. The Labute approximate surface area is 220 Å². The summed E-state index contributed by atoms with van der Waals surface area (Å²) in [7, 11) is -1.89. The molecule has 1 amide bonds. The Morgan fingerprint density at radius 1 is 1.11 bits per heavy atom. The molecule has 0 spiro atoms. The predicted molar refractivity (Wildman–Crippen MR) is 145 cm³/mol. The zero-order valence-corrected chi connectivity index (χ0v) is 22.3. The average molecular weight is 539 g/mol. The molecule has 0 aliphatic carbocycles. The molecule has 1 N–H and O–H groups in total. The van der Waals surface area contributed by atoms with Gasteiger partial charge in [-0.05, 0) is 78.9 Å². The maximum Gasteiger partial charge on any atom is 0.255 e. The first-order chi connectivity index (χ1) is 17.7. The van der Waals surface area contributed by atoms with E-state index in [4.69, 9.17) is 21.4 Å². The van der Waals surface area contributed by atoms with Gasteiger partial charge in [-0.25, -0.2) is 12.9 Å². The molecule has 10 heteroatoms. The number of rotatable bonds is 5. The van der Waals surface area contributed by atoms with Crippen molar-refractivity contribution < 1.29 is 17.9 Å². The van der Waals surface area contributed by atoms with Crippen LogP contribution in [0.2, 0.25) is 5.02 Å². The Morgan fingerprint density at radius 2 is 1.76 bits per heavy atom.